The molecule has 0 aromatic heterocycles. The number of carbonyl (C=O) groups is 2. The number of hydrogen-bond acceptors (Lipinski definition) is 7. The van der Waals surface area contributed by atoms with Crippen LogP contribution in [0.2, 0.25) is 0 Å². The van der Waals surface area contributed by atoms with Crippen LogP contribution in [0.15, 0.2) is 0 Å². The number of nitrogens with zero attached hydrogens (tertiary/aromatic N) is 2. The Morgan fingerprint density at radius 3 is 2.79 bits per heavy atom. The van der Waals surface area contributed by atoms with E-state index in [0.717, 1.165) is 25.8 Å². The molecule has 160 valence electrons. The quantitative estimate of drug-likeness (QED) is 0.504. The van der Waals surface area contributed by atoms with E-state index in [9.17, 15) is 9.59 Å². The van der Waals surface area contributed by atoms with Gasteiger partial charge in [0, 0.05) is 19.7 Å². The van der Waals surface area contributed by atoms with E-state index in [2.05, 4.69) is 17.1 Å². The summed E-state index contributed by atoms with van der Waals surface area (Å²) in [5.74, 6) is -0.468. The van der Waals surface area contributed by atoms with Crippen LogP contribution in [0.5, 0.6) is 0 Å². The van der Waals surface area contributed by atoms with E-state index in [1.165, 1.54) is 7.11 Å². The number of ether oxygens (including phenoxy) is 2. The van der Waals surface area contributed by atoms with Gasteiger partial charge in [-0.2, -0.15) is 0 Å². The number of rotatable bonds is 6. The Labute approximate surface area is 168 Å². The molecule has 3 rings (SSSR count). The molecule has 3 heterocycles. The summed E-state index contributed by atoms with van der Waals surface area (Å²) in [6.07, 6.45) is 2.91. The summed E-state index contributed by atoms with van der Waals surface area (Å²) in [6.45, 7) is 8.28. The summed E-state index contributed by atoms with van der Waals surface area (Å²) in [6, 6.07) is 0. The van der Waals surface area contributed by atoms with Gasteiger partial charge < -0.3 is 20.1 Å². The Balaban J connectivity index is 1.78. The maximum absolute atomic E-state index is 13.3. The van der Waals surface area contributed by atoms with Crippen LogP contribution in [0, 0.1) is 17.8 Å². The van der Waals surface area contributed by atoms with Gasteiger partial charge in [-0.15, -0.1) is 0 Å². The Morgan fingerprint density at radius 2 is 2.11 bits per heavy atom. The molecule has 3 N–H and O–H groups in total. The van der Waals surface area contributed by atoms with Gasteiger partial charge in [-0.05, 0) is 45.4 Å². The topological polar surface area (TPSA) is 97.1 Å². The molecule has 3 fully saturated rings. The van der Waals surface area contributed by atoms with Crippen molar-refractivity contribution in [3.05, 3.63) is 0 Å². The molecule has 3 aliphatic rings. The monoisotopic (exact) mass is 396 g/mol. The highest BCUT2D eigenvalue weighted by Gasteiger charge is 2.52. The lowest BCUT2D eigenvalue weighted by Gasteiger charge is -2.55. The molecular weight excluding hydrogens is 360 g/mol. The van der Waals surface area contributed by atoms with Gasteiger partial charge >= 0.3 is 5.97 Å². The minimum Gasteiger partial charge on any atom is -0.469 e. The van der Waals surface area contributed by atoms with Gasteiger partial charge in [0.05, 0.1) is 43.5 Å². The zero-order valence-corrected chi connectivity index (χ0v) is 17.6. The minimum absolute atomic E-state index is 0.0567. The van der Waals surface area contributed by atoms with Crippen molar-refractivity contribution >= 4 is 11.9 Å². The number of likely N-dealkylation sites (tertiary alicyclic amines) is 1. The number of nitrogens with two attached hydrogens (primary N) is 1. The fourth-order valence-corrected chi connectivity index (χ4v) is 4.86. The molecule has 0 aromatic rings. The van der Waals surface area contributed by atoms with E-state index in [0.29, 0.717) is 25.5 Å². The summed E-state index contributed by atoms with van der Waals surface area (Å²) in [7, 11) is 1.38. The van der Waals surface area contributed by atoms with E-state index in [-0.39, 0.29) is 36.2 Å². The molecule has 6 unspecified atom stereocenters. The van der Waals surface area contributed by atoms with E-state index in [4.69, 9.17) is 15.2 Å². The Kier molecular flexibility index (Phi) is 6.96. The van der Waals surface area contributed by atoms with Crippen LogP contribution in [-0.4, -0.2) is 73.1 Å². The number of methoxy groups -OCH3 is 1. The van der Waals surface area contributed by atoms with Crippen molar-refractivity contribution in [1.82, 2.24) is 15.1 Å². The zero-order chi connectivity index (χ0) is 20.4. The molecule has 0 aliphatic carbocycles. The molecular formula is C20H36N4O4. The standard InChI is InChI=1S/C20H36N4O4/c1-12(2)28-9-5-8-23-17(21)14(20(26)27-4)10-15-18(23)22-16-7-6-13(3)11-24(16)19(15)25/h12-18,22H,5-11,21H2,1-4H3. The van der Waals surface area contributed by atoms with Crippen molar-refractivity contribution < 1.29 is 19.1 Å². The molecule has 8 heteroatoms. The number of nitrogens with one attached hydrogen (secondary N) is 1. The lowest BCUT2D eigenvalue weighted by molar-refractivity contribution is -0.169. The third-order valence-corrected chi connectivity index (χ3v) is 6.34. The number of carbonyl (C=O) groups excluding carboxylic acids is 2. The van der Waals surface area contributed by atoms with Crippen molar-refractivity contribution in [2.75, 3.05) is 26.8 Å². The second-order valence-corrected chi connectivity index (χ2v) is 8.77. The van der Waals surface area contributed by atoms with Crippen molar-refractivity contribution in [2.45, 2.75) is 71.1 Å². The van der Waals surface area contributed by atoms with Gasteiger partial charge in [-0.3, -0.25) is 19.8 Å². The molecule has 0 bridgehead atoms. The minimum atomic E-state index is -0.498. The highest BCUT2D eigenvalue weighted by molar-refractivity contribution is 5.82. The molecule has 3 saturated heterocycles. The van der Waals surface area contributed by atoms with Gasteiger partial charge in [0.25, 0.3) is 0 Å². The average molecular weight is 397 g/mol. The van der Waals surface area contributed by atoms with Crippen LogP contribution < -0.4 is 11.1 Å². The molecule has 0 radical (unpaired) electrons. The van der Waals surface area contributed by atoms with Gasteiger partial charge in [0.15, 0.2) is 0 Å². The third kappa shape index (κ3) is 4.35. The lowest BCUT2D eigenvalue weighted by Crippen LogP contribution is -2.74. The number of amides is 1. The van der Waals surface area contributed by atoms with Crippen LogP contribution in [0.1, 0.15) is 46.5 Å². The van der Waals surface area contributed by atoms with Crippen molar-refractivity contribution in [1.29, 1.82) is 0 Å². The summed E-state index contributed by atoms with van der Waals surface area (Å²) in [5.41, 5.74) is 6.50. The van der Waals surface area contributed by atoms with Gasteiger partial charge in [-0.25, -0.2) is 0 Å². The molecule has 0 saturated carbocycles. The van der Waals surface area contributed by atoms with Crippen molar-refractivity contribution in [2.24, 2.45) is 23.5 Å². The van der Waals surface area contributed by atoms with Crippen LogP contribution in [0.4, 0.5) is 0 Å². The second-order valence-electron chi connectivity index (χ2n) is 8.77. The Hall–Kier alpha value is -1.22. The van der Waals surface area contributed by atoms with E-state index in [1.54, 1.807) is 0 Å². The van der Waals surface area contributed by atoms with E-state index < -0.39 is 12.1 Å². The molecule has 8 nitrogen and oxygen atoms in total. The maximum atomic E-state index is 13.3. The largest absolute Gasteiger partial charge is 0.469 e. The highest BCUT2D eigenvalue weighted by atomic mass is 16.5. The smallest absolute Gasteiger partial charge is 0.311 e. The van der Waals surface area contributed by atoms with Crippen LogP contribution in [0.3, 0.4) is 0 Å². The van der Waals surface area contributed by atoms with Gasteiger partial charge in [-0.1, -0.05) is 6.92 Å². The fraction of sp³-hybridized carbons (Fsp3) is 0.900. The van der Waals surface area contributed by atoms with Crippen LogP contribution in [-0.2, 0) is 19.1 Å². The summed E-state index contributed by atoms with van der Waals surface area (Å²) < 4.78 is 10.7. The number of esters is 1. The SMILES string of the molecule is COC(=O)C1CC2C(=O)N3CC(C)CCC3NC2N(CCCOC(C)C)C1N. The zero-order valence-electron chi connectivity index (χ0n) is 17.6. The first kappa shape index (κ1) is 21.5. The summed E-state index contributed by atoms with van der Waals surface area (Å²) in [5, 5.41) is 3.67. The molecule has 28 heavy (non-hydrogen) atoms. The van der Waals surface area contributed by atoms with Crippen molar-refractivity contribution in [3.8, 4) is 0 Å². The molecule has 6 atom stereocenters. The first-order valence-corrected chi connectivity index (χ1v) is 10.6. The summed E-state index contributed by atoms with van der Waals surface area (Å²) >= 11 is 0. The van der Waals surface area contributed by atoms with Crippen LogP contribution >= 0.6 is 0 Å². The van der Waals surface area contributed by atoms with Gasteiger partial charge in [0.2, 0.25) is 5.91 Å². The van der Waals surface area contributed by atoms with Gasteiger partial charge in [0.1, 0.15) is 0 Å². The predicted octanol–water partition coefficient (Wildman–Crippen LogP) is 0.711. The first-order chi connectivity index (χ1) is 13.3. The maximum Gasteiger partial charge on any atom is 0.311 e. The normalized spacial score (nSPS) is 36.2. The fourth-order valence-electron chi connectivity index (χ4n) is 4.86. The number of fused-ring (bicyclic) bond motifs is 2. The van der Waals surface area contributed by atoms with Crippen LogP contribution in [0.25, 0.3) is 0 Å². The lowest BCUT2D eigenvalue weighted by atomic mass is 9.80. The van der Waals surface area contributed by atoms with Crippen molar-refractivity contribution in [3.63, 3.8) is 0 Å². The van der Waals surface area contributed by atoms with E-state index in [1.807, 2.05) is 18.7 Å². The second kappa shape index (κ2) is 9.07. The predicted molar refractivity (Wildman–Crippen MR) is 105 cm³/mol. The molecule has 3 aliphatic heterocycles. The molecule has 0 aromatic carbocycles. The molecule has 0 spiro atoms. The Morgan fingerprint density at radius 1 is 1.36 bits per heavy atom. The molecule has 1 amide bonds. The third-order valence-electron chi connectivity index (χ3n) is 6.34. The number of hydrogen-bond donors (Lipinski definition) is 2. The average Bonchev–Trinajstić information content (AvgIpc) is 2.66. The summed E-state index contributed by atoms with van der Waals surface area (Å²) in [4.78, 5) is 29.7. The highest BCUT2D eigenvalue weighted by Crippen LogP contribution is 2.37. The van der Waals surface area contributed by atoms with E-state index >= 15 is 0 Å². The first-order valence-electron chi connectivity index (χ1n) is 10.6. The number of piperidine rings is 2. The Bertz CT molecular complexity index is 572.